The Hall–Kier alpha value is -1.16. The van der Waals surface area contributed by atoms with Crippen molar-refractivity contribution < 1.29 is 4.74 Å². The molecule has 0 saturated heterocycles. The largest absolute Gasteiger partial charge is 0.495 e. The van der Waals surface area contributed by atoms with Gasteiger partial charge in [-0.3, -0.25) is 0 Å². The van der Waals surface area contributed by atoms with Crippen molar-refractivity contribution in [2.24, 2.45) is 0 Å². The molecule has 13 heavy (non-hydrogen) atoms. The first-order valence-corrected chi connectivity index (χ1v) is 4.55. The molecule has 0 aromatic carbocycles. The third-order valence-corrected chi connectivity index (χ3v) is 2.16. The van der Waals surface area contributed by atoms with Gasteiger partial charge in [-0.2, -0.15) is 0 Å². The third kappa shape index (κ3) is 1.62. The molecule has 66 valence electrons. The van der Waals surface area contributed by atoms with Crippen molar-refractivity contribution in [3.63, 3.8) is 0 Å². The van der Waals surface area contributed by atoms with Crippen LogP contribution >= 0.6 is 15.9 Å². The van der Waals surface area contributed by atoms with Crippen LogP contribution in [0.5, 0.6) is 5.75 Å². The normalized spacial score (nSPS) is 10.3. The molecule has 0 aliphatic rings. The molecule has 0 atom stereocenters. The molecular weight excluding hydrogens is 232 g/mol. The number of methoxy groups -OCH3 is 1. The SMILES string of the molecule is COc1cnc2nc(Br)ccc2c1. The fourth-order valence-corrected chi connectivity index (χ4v) is 1.38. The molecular formula is C9H7BrN2O. The van der Waals surface area contributed by atoms with Crippen LogP contribution in [0.1, 0.15) is 0 Å². The zero-order valence-corrected chi connectivity index (χ0v) is 8.58. The van der Waals surface area contributed by atoms with E-state index in [9.17, 15) is 0 Å². The van der Waals surface area contributed by atoms with Crippen molar-refractivity contribution in [2.75, 3.05) is 7.11 Å². The summed E-state index contributed by atoms with van der Waals surface area (Å²) in [6, 6.07) is 5.73. The zero-order valence-electron chi connectivity index (χ0n) is 6.99. The number of pyridine rings is 2. The highest BCUT2D eigenvalue weighted by atomic mass is 79.9. The van der Waals surface area contributed by atoms with E-state index < -0.39 is 0 Å². The van der Waals surface area contributed by atoms with Crippen LogP contribution in [0, 0.1) is 0 Å². The smallest absolute Gasteiger partial charge is 0.160 e. The van der Waals surface area contributed by atoms with Crippen LogP contribution in [-0.2, 0) is 0 Å². The number of hydrogen-bond donors (Lipinski definition) is 0. The zero-order chi connectivity index (χ0) is 9.26. The van der Waals surface area contributed by atoms with Gasteiger partial charge in [-0.1, -0.05) is 0 Å². The molecule has 0 fully saturated rings. The van der Waals surface area contributed by atoms with Crippen molar-refractivity contribution in [3.05, 3.63) is 29.0 Å². The number of nitrogens with zero attached hydrogens (tertiary/aromatic N) is 2. The fourth-order valence-electron chi connectivity index (χ4n) is 1.08. The third-order valence-electron chi connectivity index (χ3n) is 1.72. The molecule has 0 amide bonds. The highest BCUT2D eigenvalue weighted by Crippen LogP contribution is 2.18. The Morgan fingerprint density at radius 1 is 1.38 bits per heavy atom. The van der Waals surface area contributed by atoms with Gasteiger partial charge in [-0.25, -0.2) is 9.97 Å². The van der Waals surface area contributed by atoms with E-state index in [1.807, 2.05) is 18.2 Å². The second-order valence-corrected chi connectivity index (χ2v) is 3.37. The van der Waals surface area contributed by atoms with E-state index in [4.69, 9.17) is 4.74 Å². The highest BCUT2D eigenvalue weighted by Gasteiger charge is 1.98. The molecule has 2 aromatic rings. The Balaban J connectivity index is 2.66. The lowest BCUT2D eigenvalue weighted by molar-refractivity contribution is 0.413. The van der Waals surface area contributed by atoms with E-state index in [0.29, 0.717) is 0 Å². The van der Waals surface area contributed by atoms with Crippen molar-refractivity contribution in [3.8, 4) is 5.75 Å². The number of ether oxygens (including phenoxy) is 1. The van der Waals surface area contributed by atoms with Gasteiger partial charge in [0.25, 0.3) is 0 Å². The molecule has 0 N–H and O–H groups in total. The van der Waals surface area contributed by atoms with Crippen molar-refractivity contribution in [2.45, 2.75) is 0 Å². The lowest BCUT2D eigenvalue weighted by Gasteiger charge is -2.00. The quantitative estimate of drug-likeness (QED) is 0.716. The molecule has 2 heterocycles. The molecule has 3 nitrogen and oxygen atoms in total. The molecule has 0 saturated carbocycles. The topological polar surface area (TPSA) is 35.0 Å². The summed E-state index contributed by atoms with van der Waals surface area (Å²) >= 11 is 3.29. The van der Waals surface area contributed by atoms with E-state index in [1.54, 1.807) is 13.3 Å². The summed E-state index contributed by atoms with van der Waals surface area (Å²) in [4.78, 5) is 8.35. The predicted molar refractivity (Wildman–Crippen MR) is 53.8 cm³/mol. The molecule has 0 aliphatic carbocycles. The Morgan fingerprint density at radius 3 is 3.00 bits per heavy atom. The summed E-state index contributed by atoms with van der Waals surface area (Å²) in [7, 11) is 1.62. The van der Waals surface area contributed by atoms with Crippen LogP contribution in [0.3, 0.4) is 0 Å². The standard InChI is InChI=1S/C9H7BrN2O/c1-13-7-4-6-2-3-8(10)12-9(6)11-5-7/h2-5H,1H3. The van der Waals surface area contributed by atoms with Gasteiger partial charge in [0, 0.05) is 5.39 Å². The van der Waals surface area contributed by atoms with Crippen LogP contribution in [0.15, 0.2) is 29.0 Å². The van der Waals surface area contributed by atoms with Gasteiger partial charge in [0.1, 0.15) is 10.4 Å². The summed E-state index contributed by atoms with van der Waals surface area (Å²) in [6.07, 6.45) is 1.65. The van der Waals surface area contributed by atoms with E-state index in [2.05, 4.69) is 25.9 Å². The van der Waals surface area contributed by atoms with Crippen LogP contribution < -0.4 is 4.74 Å². The maximum absolute atomic E-state index is 5.05. The molecule has 0 unspecified atom stereocenters. The van der Waals surface area contributed by atoms with Gasteiger partial charge in [0.2, 0.25) is 0 Å². The highest BCUT2D eigenvalue weighted by molar-refractivity contribution is 9.10. The first kappa shape index (κ1) is 8.44. The average molecular weight is 239 g/mol. The first-order valence-electron chi connectivity index (χ1n) is 3.76. The minimum absolute atomic E-state index is 0.718. The number of hydrogen-bond acceptors (Lipinski definition) is 3. The van der Waals surface area contributed by atoms with Gasteiger partial charge >= 0.3 is 0 Å². The van der Waals surface area contributed by atoms with Gasteiger partial charge in [0.15, 0.2) is 5.65 Å². The first-order chi connectivity index (χ1) is 6.29. The van der Waals surface area contributed by atoms with Crippen LogP contribution in [0.2, 0.25) is 0 Å². The minimum atomic E-state index is 0.718. The lowest BCUT2D eigenvalue weighted by Crippen LogP contribution is -1.87. The summed E-state index contributed by atoms with van der Waals surface area (Å²) in [5.74, 6) is 0.747. The van der Waals surface area contributed by atoms with E-state index in [0.717, 1.165) is 21.4 Å². The molecule has 2 aromatic heterocycles. The van der Waals surface area contributed by atoms with E-state index in [-0.39, 0.29) is 0 Å². The maximum atomic E-state index is 5.05. The van der Waals surface area contributed by atoms with Crippen LogP contribution in [0.25, 0.3) is 11.0 Å². The van der Waals surface area contributed by atoms with E-state index in [1.165, 1.54) is 0 Å². The molecule has 0 radical (unpaired) electrons. The Bertz CT molecular complexity index is 445. The monoisotopic (exact) mass is 238 g/mol. The van der Waals surface area contributed by atoms with Crippen LogP contribution in [-0.4, -0.2) is 17.1 Å². The van der Waals surface area contributed by atoms with Crippen LogP contribution in [0.4, 0.5) is 0 Å². The molecule has 0 aliphatic heterocycles. The molecule has 0 spiro atoms. The minimum Gasteiger partial charge on any atom is -0.495 e. The maximum Gasteiger partial charge on any atom is 0.160 e. The van der Waals surface area contributed by atoms with Gasteiger partial charge in [0.05, 0.1) is 13.3 Å². The lowest BCUT2D eigenvalue weighted by atomic mass is 10.3. The number of rotatable bonds is 1. The number of halogens is 1. The molecule has 4 heteroatoms. The second-order valence-electron chi connectivity index (χ2n) is 2.56. The fraction of sp³-hybridized carbons (Fsp3) is 0.111. The summed E-state index contributed by atoms with van der Waals surface area (Å²) in [5, 5.41) is 0.975. The second kappa shape index (κ2) is 3.30. The Kier molecular flexibility index (Phi) is 2.14. The van der Waals surface area contributed by atoms with Gasteiger partial charge < -0.3 is 4.74 Å². The average Bonchev–Trinajstić information content (AvgIpc) is 2.17. The van der Waals surface area contributed by atoms with Crippen molar-refractivity contribution >= 4 is 27.0 Å². The summed E-state index contributed by atoms with van der Waals surface area (Å²) in [6.45, 7) is 0. The van der Waals surface area contributed by atoms with E-state index >= 15 is 0 Å². The summed E-state index contributed by atoms with van der Waals surface area (Å²) in [5.41, 5.74) is 0.718. The van der Waals surface area contributed by atoms with Gasteiger partial charge in [-0.15, -0.1) is 0 Å². The number of fused-ring (bicyclic) bond motifs is 1. The predicted octanol–water partition coefficient (Wildman–Crippen LogP) is 2.40. The van der Waals surface area contributed by atoms with Crippen molar-refractivity contribution in [1.29, 1.82) is 0 Å². The Morgan fingerprint density at radius 2 is 2.23 bits per heavy atom. The van der Waals surface area contributed by atoms with Crippen molar-refractivity contribution in [1.82, 2.24) is 9.97 Å². The Labute approximate surface area is 83.9 Å². The number of aromatic nitrogens is 2. The van der Waals surface area contributed by atoms with Gasteiger partial charge in [-0.05, 0) is 34.1 Å². The summed E-state index contributed by atoms with van der Waals surface area (Å²) < 4.78 is 5.84. The molecule has 2 rings (SSSR count). The molecule has 0 bridgehead atoms.